The Morgan fingerprint density at radius 1 is 0.362 bits per heavy atom. The van der Waals surface area contributed by atoms with Crippen molar-refractivity contribution >= 4 is 53.3 Å². The molecular weight excluding hydrogens is 855 g/mol. The molecule has 69 heavy (non-hydrogen) atoms. The molecule has 0 fully saturated rings. The smallest absolute Gasteiger partial charge is 0.161 e. The molecule has 1 spiro atoms. The Bertz CT molecular complexity index is 4260. The highest BCUT2D eigenvalue weighted by Crippen LogP contribution is 2.62. The average molecular weight is 894 g/mol. The van der Waals surface area contributed by atoms with E-state index >= 15 is 0 Å². The van der Waals surface area contributed by atoms with Crippen molar-refractivity contribution < 1.29 is 0 Å². The Morgan fingerprint density at radius 3 is 1.80 bits per heavy atom. The minimum Gasteiger partial charge on any atom is -0.309 e. The van der Waals surface area contributed by atoms with Crippen molar-refractivity contribution in [2.45, 2.75) is 5.41 Å². The summed E-state index contributed by atoms with van der Waals surface area (Å²) in [5.41, 5.74) is 20.2. The molecule has 0 saturated carbocycles. The van der Waals surface area contributed by atoms with E-state index in [0.717, 1.165) is 39.2 Å². The van der Waals surface area contributed by atoms with Gasteiger partial charge in [0.1, 0.15) is 0 Å². The average Bonchev–Trinajstić information content (AvgIpc) is 4.08. The first-order valence-electron chi connectivity index (χ1n) is 23.7. The molecule has 0 saturated heterocycles. The molecule has 2 aliphatic rings. The van der Waals surface area contributed by atoms with Crippen LogP contribution in [0, 0.1) is 0 Å². The van der Waals surface area contributed by atoms with Crippen LogP contribution in [0.5, 0.6) is 0 Å². The van der Waals surface area contributed by atoms with E-state index in [1.54, 1.807) is 0 Å². The highest BCUT2D eigenvalue weighted by molar-refractivity contribution is 7.26. The van der Waals surface area contributed by atoms with Crippen LogP contribution in [-0.4, -0.2) is 14.5 Å². The summed E-state index contributed by atoms with van der Waals surface area (Å²) in [5, 5.41) is 5.04. The van der Waals surface area contributed by atoms with E-state index in [-0.39, 0.29) is 0 Å². The molecule has 1 aliphatic heterocycles. The zero-order chi connectivity index (χ0) is 45.2. The van der Waals surface area contributed by atoms with Gasteiger partial charge in [-0.3, -0.25) is 0 Å². The van der Waals surface area contributed by atoms with E-state index in [1.807, 2.05) is 11.3 Å². The molecule has 4 heterocycles. The van der Waals surface area contributed by atoms with Crippen molar-refractivity contribution in [3.8, 4) is 73.0 Å². The molecule has 0 radical (unpaired) electrons. The number of rotatable bonds is 5. The molecule has 0 N–H and O–H groups in total. The van der Waals surface area contributed by atoms with Gasteiger partial charge in [0.15, 0.2) is 5.82 Å². The SMILES string of the molecule is c1ccc(-c2ccc(-c3ccccc3-c3cc(-c4cccc5c4sc4ccccc45)nc(-c4cccc5c4-c4ccccc4C54c5ccccc5-n5c6ccccc6c6cccc4c65)n3)cc2)cc1. The highest BCUT2D eigenvalue weighted by Gasteiger charge is 2.51. The fourth-order valence-electron chi connectivity index (χ4n) is 12.0. The van der Waals surface area contributed by atoms with E-state index in [4.69, 9.17) is 9.97 Å². The van der Waals surface area contributed by atoms with Crippen LogP contribution < -0.4 is 0 Å². The third-order valence-electron chi connectivity index (χ3n) is 14.9. The summed E-state index contributed by atoms with van der Waals surface area (Å²) in [7, 11) is 0. The summed E-state index contributed by atoms with van der Waals surface area (Å²) in [6.45, 7) is 0. The number of thiophene rings is 1. The monoisotopic (exact) mass is 893 g/mol. The van der Waals surface area contributed by atoms with Crippen LogP contribution in [0.15, 0.2) is 237 Å². The van der Waals surface area contributed by atoms with E-state index < -0.39 is 5.41 Å². The lowest BCUT2D eigenvalue weighted by Crippen LogP contribution is -2.33. The van der Waals surface area contributed by atoms with Gasteiger partial charge in [-0.05, 0) is 79.9 Å². The molecule has 320 valence electrons. The van der Waals surface area contributed by atoms with Crippen LogP contribution in [0.25, 0.3) is 115 Å². The van der Waals surface area contributed by atoms with Gasteiger partial charge in [-0.2, -0.15) is 0 Å². The second-order valence-electron chi connectivity index (χ2n) is 18.3. The molecule has 13 aromatic rings. The lowest BCUT2D eigenvalue weighted by atomic mass is 9.65. The molecular formula is C65H39N3S. The first-order chi connectivity index (χ1) is 34.2. The van der Waals surface area contributed by atoms with E-state index in [9.17, 15) is 0 Å². The van der Waals surface area contributed by atoms with E-state index in [1.165, 1.54) is 92.2 Å². The van der Waals surface area contributed by atoms with Crippen molar-refractivity contribution in [1.29, 1.82) is 0 Å². The predicted molar refractivity (Wildman–Crippen MR) is 287 cm³/mol. The Balaban J connectivity index is 1.00. The molecule has 10 aromatic carbocycles. The van der Waals surface area contributed by atoms with Gasteiger partial charge in [0.25, 0.3) is 0 Å². The summed E-state index contributed by atoms with van der Waals surface area (Å²) >= 11 is 1.84. The fraction of sp³-hybridized carbons (Fsp3) is 0.0154. The Morgan fingerprint density at radius 2 is 0.928 bits per heavy atom. The summed E-state index contributed by atoms with van der Waals surface area (Å²) in [6.07, 6.45) is 0. The molecule has 3 aromatic heterocycles. The quantitative estimate of drug-likeness (QED) is 0.172. The number of hydrogen-bond acceptors (Lipinski definition) is 3. The maximum atomic E-state index is 5.69. The lowest BCUT2D eigenvalue weighted by Gasteiger charge is -2.39. The van der Waals surface area contributed by atoms with E-state index in [2.05, 4.69) is 241 Å². The van der Waals surface area contributed by atoms with Crippen molar-refractivity contribution in [1.82, 2.24) is 14.5 Å². The first kappa shape index (κ1) is 38.4. The number of nitrogens with zero attached hydrogens (tertiary/aromatic N) is 3. The number of para-hydroxylation sites is 3. The predicted octanol–water partition coefficient (Wildman–Crippen LogP) is 17.0. The molecule has 3 nitrogen and oxygen atoms in total. The van der Waals surface area contributed by atoms with Crippen LogP contribution in [-0.2, 0) is 5.41 Å². The largest absolute Gasteiger partial charge is 0.309 e. The summed E-state index contributed by atoms with van der Waals surface area (Å²) < 4.78 is 5.00. The number of aromatic nitrogens is 3. The molecule has 0 amide bonds. The molecule has 1 aliphatic carbocycles. The lowest BCUT2D eigenvalue weighted by molar-refractivity contribution is 0.748. The molecule has 15 rings (SSSR count). The summed E-state index contributed by atoms with van der Waals surface area (Å²) in [6, 6.07) is 86.6. The van der Waals surface area contributed by atoms with Gasteiger partial charge in [0, 0.05) is 47.6 Å². The number of benzene rings is 10. The first-order valence-corrected chi connectivity index (χ1v) is 24.5. The van der Waals surface area contributed by atoms with Crippen molar-refractivity contribution in [3.05, 3.63) is 259 Å². The van der Waals surface area contributed by atoms with Gasteiger partial charge >= 0.3 is 0 Å². The van der Waals surface area contributed by atoms with Crippen LogP contribution in [0.1, 0.15) is 22.3 Å². The summed E-state index contributed by atoms with van der Waals surface area (Å²) in [5.74, 6) is 0.704. The third-order valence-corrected chi connectivity index (χ3v) is 16.1. The minimum absolute atomic E-state index is 0.593. The Hall–Kier alpha value is -8.70. The van der Waals surface area contributed by atoms with E-state index in [0.29, 0.717) is 5.82 Å². The number of fused-ring (bicyclic) bond motifs is 15. The summed E-state index contributed by atoms with van der Waals surface area (Å²) in [4.78, 5) is 11.4. The van der Waals surface area contributed by atoms with Gasteiger partial charge < -0.3 is 4.57 Å². The van der Waals surface area contributed by atoms with Crippen LogP contribution in [0.2, 0.25) is 0 Å². The molecule has 4 heteroatoms. The van der Waals surface area contributed by atoms with Crippen molar-refractivity contribution in [3.63, 3.8) is 0 Å². The second kappa shape index (κ2) is 14.6. The topological polar surface area (TPSA) is 30.7 Å². The second-order valence-corrected chi connectivity index (χ2v) is 19.4. The van der Waals surface area contributed by atoms with Crippen molar-refractivity contribution in [2.75, 3.05) is 0 Å². The van der Waals surface area contributed by atoms with Gasteiger partial charge in [0.2, 0.25) is 0 Å². The Kier molecular flexibility index (Phi) is 8.15. The third kappa shape index (κ3) is 5.38. The maximum absolute atomic E-state index is 5.69. The molecule has 0 bridgehead atoms. The van der Waals surface area contributed by atoms with Gasteiger partial charge in [-0.15, -0.1) is 11.3 Å². The van der Waals surface area contributed by atoms with Crippen molar-refractivity contribution in [2.24, 2.45) is 0 Å². The molecule has 1 atom stereocenters. The maximum Gasteiger partial charge on any atom is 0.161 e. The van der Waals surface area contributed by atoms with Gasteiger partial charge in [-0.1, -0.05) is 212 Å². The standard InChI is InChI=1S/C65H39N3S/c1-2-17-40(18-3-1)41-35-37-42(38-36-41)43-19-4-5-20-44(43)56-39-57(50-26-14-25-48-46-22-8-13-34-60(46)69-63(48)50)67-64(66-56)51-27-16-30-54-61(51)49-23-6-9-28-52(49)65(54)53-29-10-12-33-59(53)68-58-32-11-7-21-45(58)47-24-15-31-55(65)62(47)68/h1-39H. The van der Waals surface area contributed by atoms with Crippen LogP contribution in [0.3, 0.4) is 0 Å². The Labute approximate surface area is 402 Å². The van der Waals surface area contributed by atoms with Gasteiger partial charge in [0.05, 0.1) is 33.5 Å². The van der Waals surface area contributed by atoms with Crippen LogP contribution >= 0.6 is 11.3 Å². The number of hydrogen-bond donors (Lipinski definition) is 0. The normalized spacial score (nSPS) is 14.4. The highest BCUT2D eigenvalue weighted by atomic mass is 32.1. The molecule has 1 unspecified atom stereocenters. The van der Waals surface area contributed by atoms with Gasteiger partial charge in [-0.25, -0.2) is 9.97 Å². The minimum atomic E-state index is -0.593. The fourth-order valence-corrected chi connectivity index (χ4v) is 13.2. The zero-order valence-corrected chi connectivity index (χ0v) is 38.1. The van der Waals surface area contributed by atoms with Crippen LogP contribution in [0.4, 0.5) is 0 Å². The zero-order valence-electron chi connectivity index (χ0n) is 37.3.